The van der Waals surface area contributed by atoms with Crippen LogP contribution in [0.3, 0.4) is 0 Å². The highest BCUT2D eigenvalue weighted by Crippen LogP contribution is 2.15. The summed E-state index contributed by atoms with van der Waals surface area (Å²) in [6.07, 6.45) is 6.25. The van der Waals surface area contributed by atoms with Gasteiger partial charge < -0.3 is 4.42 Å². The molecule has 0 fully saturated rings. The first-order valence-electron chi connectivity index (χ1n) is 5.38. The number of aryl methyl sites for hydroxylation is 1. The zero-order valence-corrected chi connectivity index (χ0v) is 9.98. The van der Waals surface area contributed by atoms with Gasteiger partial charge in [0.25, 0.3) is 0 Å². The number of nitrogens with zero attached hydrogens (tertiary/aromatic N) is 1. The molecular weight excluding hydrogens is 238 g/mol. The van der Waals surface area contributed by atoms with E-state index in [9.17, 15) is 4.79 Å². The summed E-state index contributed by atoms with van der Waals surface area (Å²) in [7, 11) is 0. The van der Waals surface area contributed by atoms with E-state index in [1.54, 1.807) is 24.7 Å². The fraction of sp³-hybridized carbons (Fsp3) is 0.231. The summed E-state index contributed by atoms with van der Waals surface area (Å²) in [6.45, 7) is 0. The molecule has 3 nitrogen and oxygen atoms in total. The van der Waals surface area contributed by atoms with Crippen LogP contribution in [0.4, 0.5) is 0 Å². The number of Topliss-reactive ketones (excluding diaryl/α,β-unsaturated/α-hetero) is 1. The molecule has 0 N–H and O–H groups in total. The van der Waals surface area contributed by atoms with Crippen molar-refractivity contribution in [3.8, 4) is 0 Å². The highest BCUT2D eigenvalue weighted by Gasteiger charge is 2.08. The Hall–Kier alpha value is -1.61. The molecule has 4 heteroatoms. The highest BCUT2D eigenvalue weighted by molar-refractivity contribution is 6.31. The Kier molecular flexibility index (Phi) is 3.94. The van der Waals surface area contributed by atoms with Gasteiger partial charge in [0.05, 0.1) is 11.3 Å². The van der Waals surface area contributed by atoms with Crippen molar-refractivity contribution in [2.45, 2.75) is 19.3 Å². The van der Waals surface area contributed by atoms with Crippen molar-refractivity contribution in [2.75, 3.05) is 0 Å². The van der Waals surface area contributed by atoms with E-state index in [1.165, 1.54) is 0 Å². The molecule has 0 amide bonds. The monoisotopic (exact) mass is 249 g/mol. The molecule has 0 aliphatic carbocycles. The molecular formula is C13H12ClNO2. The molecule has 0 atom stereocenters. The first-order chi connectivity index (χ1) is 8.25. The number of rotatable bonds is 5. The van der Waals surface area contributed by atoms with Crippen molar-refractivity contribution >= 4 is 17.4 Å². The van der Waals surface area contributed by atoms with Crippen LogP contribution in [0.25, 0.3) is 0 Å². The predicted molar refractivity (Wildman–Crippen MR) is 65.0 cm³/mol. The molecule has 0 aromatic carbocycles. The van der Waals surface area contributed by atoms with Crippen LogP contribution >= 0.6 is 11.6 Å². The maximum absolute atomic E-state index is 11.7. The van der Waals surface area contributed by atoms with Gasteiger partial charge in [-0.05, 0) is 23.8 Å². The van der Waals surface area contributed by atoms with E-state index < -0.39 is 0 Å². The van der Waals surface area contributed by atoms with Crippen molar-refractivity contribution in [1.29, 1.82) is 0 Å². The standard InChI is InChI=1S/C13H12ClNO2/c14-13-9-15-6-5-10(13)8-11(16)3-4-12-2-1-7-17-12/h1-2,5-7,9H,3-4,8H2. The molecule has 2 heterocycles. The van der Waals surface area contributed by atoms with Crippen molar-refractivity contribution < 1.29 is 9.21 Å². The van der Waals surface area contributed by atoms with Gasteiger partial charge in [0.15, 0.2) is 0 Å². The van der Waals surface area contributed by atoms with Crippen LogP contribution in [0.1, 0.15) is 17.7 Å². The summed E-state index contributed by atoms with van der Waals surface area (Å²) >= 11 is 5.93. The summed E-state index contributed by atoms with van der Waals surface area (Å²) in [6, 6.07) is 5.46. The fourth-order valence-corrected chi connectivity index (χ4v) is 1.75. The molecule has 0 unspecified atom stereocenters. The maximum Gasteiger partial charge on any atom is 0.137 e. The molecule has 0 bridgehead atoms. The molecule has 17 heavy (non-hydrogen) atoms. The fourth-order valence-electron chi connectivity index (χ4n) is 1.57. The molecule has 2 aromatic heterocycles. The third-order valence-electron chi connectivity index (χ3n) is 2.47. The zero-order chi connectivity index (χ0) is 12.1. The van der Waals surface area contributed by atoms with E-state index in [4.69, 9.17) is 16.0 Å². The highest BCUT2D eigenvalue weighted by atomic mass is 35.5. The van der Waals surface area contributed by atoms with Gasteiger partial charge in [0.1, 0.15) is 11.5 Å². The van der Waals surface area contributed by atoms with Crippen LogP contribution in [0.5, 0.6) is 0 Å². The third kappa shape index (κ3) is 3.43. The maximum atomic E-state index is 11.7. The largest absolute Gasteiger partial charge is 0.469 e. The van der Waals surface area contributed by atoms with Crippen LogP contribution in [-0.2, 0) is 17.6 Å². The van der Waals surface area contributed by atoms with E-state index >= 15 is 0 Å². The molecule has 0 radical (unpaired) electrons. The number of pyridine rings is 1. The minimum absolute atomic E-state index is 0.148. The molecule has 0 aliphatic heterocycles. The second kappa shape index (κ2) is 5.64. The number of ketones is 1. The first kappa shape index (κ1) is 11.9. The van der Waals surface area contributed by atoms with E-state index in [0.717, 1.165) is 11.3 Å². The second-order valence-corrected chi connectivity index (χ2v) is 4.17. The number of aromatic nitrogens is 1. The molecule has 0 aliphatic rings. The smallest absolute Gasteiger partial charge is 0.137 e. The molecule has 2 aromatic rings. The Morgan fingerprint density at radius 3 is 3.00 bits per heavy atom. The van der Waals surface area contributed by atoms with Crippen LogP contribution in [0, 0.1) is 0 Å². The van der Waals surface area contributed by atoms with Gasteiger partial charge in [-0.3, -0.25) is 9.78 Å². The number of furan rings is 1. The van der Waals surface area contributed by atoms with Crippen LogP contribution < -0.4 is 0 Å². The van der Waals surface area contributed by atoms with E-state index in [1.807, 2.05) is 12.1 Å². The van der Waals surface area contributed by atoms with Gasteiger partial charge in [-0.1, -0.05) is 11.6 Å². The average Bonchev–Trinajstić information content (AvgIpc) is 2.82. The Balaban J connectivity index is 1.87. The molecule has 88 valence electrons. The van der Waals surface area contributed by atoms with Crippen LogP contribution in [0.15, 0.2) is 41.3 Å². The quantitative estimate of drug-likeness (QED) is 0.818. The number of hydrogen-bond acceptors (Lipinski definition) is 3. The number of hydrogen-bond donors (Lipinski definition) is 0. The Morgan fingerprint density at radius 1 is 1.41 bits per heavy atom. The average molecular weight is 250 g/mol. The van der Waals surface area contributed by atoms with Crippen LogP contribution in [-0.4, -0.2) is 10.8 Å². The van der Waals surface area contributed by atoms with Crippen LogP contribution in [0.2, 0.25) is 5.02 Å². The lowest BCUT2D eigenvalue weighted by Crippen LogP contribution is -2.04. The SMILES string of the molecule is O=C(CCc1ccco1)Cc1ccncc1Cl. The third-order valence-corrected chi connectivity index (χ3v) is 2.81. The van der Waals surface area contributed by atoms with Gasteiger partial charge in [-0.15, -0.1) is 0 Å². The van der Waals surface area contributed by atoms with Gasteiger partial charge in [-0.25, -0.2) is 0 Å². The Labute approximate surface area is 104 Å². The lowest BCUT2D eigenvalue weighted by molar-refractivity contribution is -0.118. The van der Waals surface area contributed by atoms with Crippen molar-refractivity contribution in [2.24, 2.45) is 0 Å². The molecule has 0 saturated carbocycles. The minimum atomic E-state index is 0.148. The second-order valence-electron chi connectivity index (χ2n) is 3.76. The van der Waals surface area contributed by atoms with Crippen molar-refractivity contribution in [3.05, 3.63) is 53.2 Å². The number of halogens is 1. The van der Waals surface area contributed by atoms with Gasteiger partial charge in [-0.2, -0.15) is 0 Å². The zero-order valence-electron chi connectivity index (χ0n) is 9.23. The summed E-state index contributed by atoms with van der Waals surface area (Å²) in [5, 5.41) is 0.541. The normalized spacial score (nSPS) is 10.4. The Bertz CT molecular complexity index is 494. The molecule has 0 spiro atoms. The van der Waals surface area contributed by atoms with Gasteiger partial charge in [0.2, 0.25) is 0 Å². The van der Waals surface area contributed by atoms with Gasteiger partial charge in [0, 0.05) is 31.7 Å². The summed E-state index contributed by atoms with van der Waals surface area (Å²) in [4.78, 5) is 15.6. The Morgan fingerprint density at radius 2 is 2.29 bits per heavy atom. The number of carbonyl (C=O) groups is 1. The van der Waals surface area contributed by atoms with Crippen molar-refractivity contribution in [1.82, 2.24) is 4.98 Å². The first-order valence-corrected chi connectivity index (χ1v) is 5.76. The summed E-state index contributed by atoms with van der Waals surface area (Å²) in [5.41, 5.74) is 0.825. The summed E-state index contributed by atoms with van der Waals surface area (Å²) < 4.78 is 5.17. The van der Waals surface area contributed by atoms with Crippen molar-refractivity contribution in [3.63, 3.8) is 0 Å². The minimum Gasteiger partial charge on any atom is -0.469 e. The van der Waals surface area contributed by atoms with E-state index in [2.05, 4.69) is 4.98 Å². The lowest BCUT2D eigenvalue weighted by atomic mass is 10.1. The molecule has 2 rings (SSSR count). The van der Waals surface area contributed by atoms with Gasteiger partial charge >= 0.3 is 0 Å². The molecule has 0 saturated heterocycles. The predicted octanol–water partition coefficient (Wildman–Crippen LogP) is 3.07. The van der Waals surface area contributed by atoms with E-state index in [0.29, 0.717) is 24.3 Å². The lowest BCUT2D eigenvalue weighted by Gasteiger charge is -2.02. The topological polar surface area (TPSA) is 43.1 Å². The van der Waals surface area contributed by atoms with E-state index in [-0.39, 0.29) is 5.78 Å². The number of carbonyl (C=O) groups excluding carboxylic acids is 1. The summed E-state index contributed by atoms with van der Waals surface area (Å²) in [5.74, 6) is 0.980.